The van der Waals surface area contributed by atoms with Crippen LogP contribution in [0.2, 0.25) is 0 Å². The van der Waals surface area contributed by atoms with Gasteiger partial charge in [-0.2, -0.15) is 0 Å². The Morgan fingerprint density at radius 2 is 2.46 bits per heavy atom. The molecular formula is C9H18FNO2. The maximum absolute atomic E-state index is 11.8. The van der Waals surface area contributed by atoms with E-state index in [1.54, 1.807) is 7.11 Å². The molecule has 1 aliphatic heterocycles. The predicted molar refractivity (Wildman–Crippen MR) is 48.6 cm³/mol. The summed E-state index contributed by atoms with van der Waals surface area (Å²) in [6, 6.07) is 0. The second-order valence-corrected chi connectivity index (χ2v) is 3.41. The third-order valence-corrected chi connectivity index (χ3v) is 2.43. The molecule has 1 N–H and O–H groups in total. The summed E-state index contributed by atoms with van der Waals surface area (Å²) >= 11 is 0. The zero-order valence-electron chi connectivity index (χ0n) is 8.14. The van der Waals surface area contributed by atoms with E-state index in [4.69, 9.17) is 9.47 Å². The topological polar surface area (TPSA) is 30.5 Å². The average Bonchev–Trinajstić information content (AvgIpc) is 2.62. The van der Waals surface area contributed by atoms with Gasteiger partial charge in [-0.25, -0.2) is 0 Å². The minimum Gasteiger partial charge on any atom is -0.378 e. The first kappa shape index (κ1) is 10.9. The van der Waals surface area contributed by atoms with Gasteiger partial charge in [0.05, 0.1) is 13.3 Å². The Morgan fingerprint density at radius 1 is 1.62 bits per heavy atom. The van der Waals surface area contributed by atoms with Crippen molar-refractivity contribution in [3.63, 3.8) is 0 Å². The number of hydrogen-bond acceptors (Lipinski definition) is 3. The predicted octanol–water partition coefficient (Wildman–Crippen LogP) is 0.741. The fourth-order valence-corrected chi connectivity index (χ4v) is 1.47. The van der Waals surface area contributed by atoms with E-state index in [0.717, 1.165) is 19.6 Å². The smallest absolute Gasteiger partial charge is 0.106 e. The first-order valence-corrected chi connectivity index (χ1v) is 4.72. The number of alkyl halides is 1. The molecule has 1 heterocycles. The minimum absolute atomic E-state index is 0.170. The van der Waals surface area contributed by atoms with Crippen molar-refractivity contribution in [2.24, 2.45) is 0 Å². The van der Waals surface area contributed by atoms with E-state index < -0.39 is 0 Å². The van der Waals surface area contributed by atoms with Crippen LogP contribution < -0.4 is 5.32 Å². The van der Waals surface area contributed by atoms with Crippen LogP contribution in [0.15, 0.2) is 0 Å². The Morgan fingerprint density at radius 3 is 3.00 bits per heavy atom. The molecular weight excluding hydrogens is 173 g/mol. The Labute approximate surface area is 78.6 Å². The summed E-state index contributed by atoms with van der Waals surface area (Å²) in [6.07, 6.45) is 1.49. The standard InChI is InChI=1S/C9H18FNO2/c1-12-9(3-6-13-8-9)7-11-5-2-4-10/h11H,2-8H2,1H3. The summed E-state index contributed by atoms with van der Waals surface area (Å²) in [5.41, 5.74) is -0.170. The van der Waals surface area contributed by atoms with E-state index in [0.29, 0.717) is 19.6 Å². The first-order chi connectivity index (χ1) is 6.33. The molecule has 1 atom stereocenters. The van der Waals surface area contributed by atoms with Crippen LogP contribution in [0.4, 0.5) is 4.39 Å². The fraction of sp³-hybridized carbons (Fsp3) is 1.00. The lowest BCUT2D eigenvalue weighted by atomic mass is 10.0. The van der Waals surface area contributed by atoms with Gasteiger partial charge in [-0.05, 0) is 13.0 Å². The summed E-state index contributed by atoms with van der Waals surface area (Å²) in [5, 5.41) is 3.18. The molecule has 0 spiro atoms. The normalized spacial score (nSPS) is 28.2. The minimum atomic E-state index is -0.260. The highest BCUT2D eigenvalue weighted by molar-refractivity contribution is 4.86. The van der Waals surface area contributed by atoms with Crippen molar-refractivity contribution in [3.05, 3.63) is 0 Å². The van der Waals surface area contributed by atoms with Gasteiger partial charge in [0.2, 0.25) is 0 Å². The molecule has 3 nitrogen and oxygen atoms in total. The molecule has 0 aliphatic carbocycles. The molecule has 78 valence electrons. The van der Waals surface area contributed by atoms with Gasteiger partial charge in [-0.15, -0.1) is 0 Å². The number of hydrogen-bond donors (Lipinski definition) is 1. The van der Waals surface area contributed by atoms with Crippen LogP contribution in [0.5, 0.6) is 0 Å². The summed E-state index contributed by atoms with van der Waals surface area (Å²) < 4.78 is 22.4. The quantitative estimate of drug-likeness (QED) is 0.628. The molecule has 1 rings (SSSR count). The molecule has 1 aliphatic rings. The van der Waals surface area contributed by atoms with Gasteiger partial charge >= 0.3 is 0 Å². The zero-order valence-corrected chi connectivity index (χ0v) is 8.14. The summed E-state index contributed by atoms with van der Waals surface area (Å²) in [6.45, 7) is 2.61. The second-order valence-electron chi connectivity index (χ2n) is 3.41. The van der Waals surface area contributed by atoms with Crippen molar-refractivity contribution in [2.75, 3.05) is 40.1 Å². The van der Waals surface area contributed by atoms with E-state index in [-0.39, 0.29) is 12.3 Å². The SMILES string of the molecule is COC1(CNCCCF)CCOC1. The highest BCUT2D eigenvalue weighted by Gasteiger charge is 2.34. The molecule has 0 aromatic rings. The highest BCUT2D eigenvalue weighted by atomic mass is 19.1. The van der Waals surface area contributed by atoms with Crippen LogP contribution in [0.3, 0.4) is 0 Å². The molecule has 1 unspecified atom stereocenters. The van der Waals surface area contributed by atoms with Gasteiger partial charge in [0.15, 0.2) is 0 Å². The Hall–Kier alpha value is -0.190. The molecule has 4 heteroatoms. The molecule has 1 fully saturated rings. The summed E-state index contributed by atoms with van der Waals surface area (Å²) in [4.78, 5) is 0. The van der Waals surface area contributed by atoms with Crippen LogP contribution in [0.1, 0.15) is 12.8 Å². The summed E-state index contributed by atoms with van der Waals surface area (Å²) in [5.74, 6) is 0. The van der Waals surface area contributed by atoms with Crippen LogP contribution in [-0.4, -0.2) is 45.7 Å². The number of ether oxygens (including phenoxy) is 2. The van der Waals surface area contributed by atoms with Gasteiger partial charge in [-0.1, -0.05) is 0 Å². The Kier molecular flexibility index (Phi) is 4.62. The van der Waals surface area contributed by atoms with Crippen LogP contribution >= 0.6 is 0 Å². The monoisotopic (exact) mass is 191 g/mol. The lowest BCUT2D eigenvalue weighted by Gasteiger charge is -2.25. The molecule has 0 bridgehead atoms. The van der Waals surface area contributed by atoms with Crippen molar-refractivity contribution in [2.45, 2.75) is 18.4 Å². The van der Waals surface area contributed by atoms with Crippen molar-refractivity contribution in [1.29, 1.82) is 0 Å². The van der Waals surface area contributed by atoms with Crippen molar-refractivity contribution >= 4 is 0 Å². The largest absolute Gasteiger partial charge is 0.378 e. The van der Waals surface area contributed by atoms with Gasteiger partial charge in [-0.3, -0.25) is 4.39 Å². The second kappa shape index (κ2) is 5.52. The van der Waals surface area contributed by atoms with Gasteiger partial charge in [0, 0.05) is 26.7 Å². The fourth-order valence-electron chi connectivity index (χ4n) is 1.47. The van der Waals surface area contributed by atoms with Crippen molar-refractivity contribution < 1.29 is 13.9 Å². The van der Waals surface area contributed by atoms with Crippen molar-refractivity contribution in [3.8, 4) is 0 Å². The lowest BCUT2D eigenvalue weighted by Crippen LogP contribution is -2.43. The molecule has 0 saturated carbocycles. The van der Waals surface area contributed by atoms with Gasteiger partial charge < -0.3 is 14.8 Å². The Bertz CT molecular complexity index is 138. The van der Waals surface area contributed by atoms with Crippen LogP contribution in [0.25, 0.3) is 0 Å². The molecule has 13 heavy (non-hydrogen) atoms. The maximum atomic E-state index is 11.8. The van der Waals surface area contributed by atoms with Crippen LogP contribution in [-0.2, 0) is 9.47 Å². The van der Waals surface area contributed by atoms with Crippen LogP contribution in [0, 0.1) is 0 Å². The van der Waals surface area contributed by atoms with E-state index in [2.05, 4.69) is 5.32 Å². The molecule has 0 radical (unpaired) electrons. The van der Waals surface area contributed by atoms with Gasteiger partial charge in [0.25, 0.3) is 0 Å². The van der Waals surface area contributed by atoms with Gasteiger partial charge in [0.1, 0.15) is 5.60 Å². The molecule has 1 saturated heterocycles. The molecule has 0 aromatic heterocycles. The van der Waals surface area contributed by atoms with E-state index in [1.807, 2.05) is 0 Å². The third-order valence-electron chi connectivity index (χ3n) is 2.43. The van der Waals surface area contributed by atoms with E-state index in [9.17, 15) is 4.39 Å². The highest BCUT2D eigenvalue weighted by Crippen LogP contribution is 2.21. The van der Waals surface area contributed by atoms with Crippen molar-refractivity contribution in [1.82, 2.24) is 5.32 Å². The number of rotatable bonds is 6. The third kappa shape index (κ3) is 3.21. The lowest BCUT2D eigenvalue weighted by molar-refractivity contribution is -0.0156. The molecule has 0 amide bonds. The van der Waals surface area contributed by atoms with E-state index >= 15 is 0 Å². The number of nitrogens with one attached hydrogen (secondary N) is 1. The number of methoxy groups -OCH3 is 1. The zero-order chi connectivity index (χ0) is 9.57. The first-order valence-electron chi connectivity index (χ1n) is 4.72. The summed E-state index contributed by atoms with van der Waals surface area (Å²) in [7, 11) is 1.70. The maximum Gasteiger partial charge on any atom is 0.106 e. The number of halogens is 1. The van der Waals surface area contributed by atoms with E-state index in [1.165, 1.54) is 0 Å². The Balaban J connectivity index is 2.16. The molecule has 0 aromatic carbocycles. The average molecular weight is 191 g/mol.